The van der Waals surface area contributed by atoms with Gasteiger partial charge in [0.2, 0.25) is 0 Å². The summed E-state index contributed by atoms with van der Waals surface area (Å²) < 4.78 is 0. The van der Waals surface area contributed by atoms with E-state index in [0.29, 0.717) is 0 Å². The Balaban J connectivity index is 1.51. The highest BCUT2D eigenvalue weighted by atomic mass is 16.5. The minimum atomic E-state index is -0.520. The quantitative estimate of drug-likeness (QED) is 0.618. The summed E-state index contributed by atoms with van der Waals surface area (Å²) in [7, 11) is 0. The molecular weight excluding hydrogens is 350 g/mol. The lowest BCUT2D eigenvalue weighted by Crippen LogP contribution is -2.43. The molecule has 1 unspecified atom stereocenters. The van der Waals surface area contributed by atoms with Gasteiger partial charge in [0, 0.05) is 24.8 Å². The molecule has 0 saturated carbocycles. The smallest absolute Gasteiger partial charge is 0.255 e. The molecular formula is C23H29N3O2. The van der Waals surface area contributed by atoms with Gasteiger partial charge in [0.1, 0.15) is 0 Å². The van der Waals surface area contributed by atoms with Crippen LogP contribution in [0.25, 0.3) is 0 Å². The van der Waals surface area contributed by atoms with E-state index < -0.39 is 11.8 Å². The molecule has 0 aliphatic carbocycles. The number of amides is 1. The Kier molecular flexibility index (Phi) is 5.93. The summed E-state index contributed by atoms with van der Waals surface area (Å²) in [6.07, 6.45) is 5.08. The fourth-order valence-corrected chi connectivity index (χ4v) is 4.70. The predicted molar refractivity (Wildman–Crippen MR) is 111 cm³/mol. The third-order valence-corrected chi connectivity index (χ3v) is 6.20. The third kappa shape index (κ3) is 4.05. The Bertz CT molecular complexity index is 781. The molecule has 2 heterocycles. The zero-order chi connectivity index (χ0) is 19.3. The first-order valence-corrected chi connectivity index (χ1v) is 10.3. The molecule has 4 rings (SSSR count). The zero-order valence-electron chi connectivity index (χ0n) is 16.3. The van der Waals surface area contributed by atoms with E-state index in [0.717, 1.165) is 35.9 Å². The SMILES string of the molecule is O=C(NO)C(c1ccccc1)c1cccc(N2CCC(N3CCCC3)CC2)c1. The van der Waals surface area contributed by atoms with Crippen LogP contribution in [0.4, 0.5) is 5.69 Å². The van der Waals surface area contributed by atoms with Gasteiger partial charge in [-0.15, -0.1) is 0 Å². The van der Waals surface area contributed by atoms with Crippen molar-refractivity contribution in [2.45, 2.75) is 37.6 Å². The first-order valence-electron chi connectivity index (χ1n) is 10.3. The van der Waals surface area contributed by atoms with Gasteiger partial charge in [-0.1, -0.05) is 42.5 Å². The number of anilines is 1. The van der Waals surface area contributed by atoms with E-state index in [1.165, 1.54) is 38.8 Å². The van der Waals surface area contributed by atoms with Crippen molar-refractivity contribution in [2.24, 2.45) is 0 Å². The molecule has 148 valence electrons. The minimum Gasteiger partial charge on any atom is -0.371 e. The van der Waals surface area contributed by atoms with Crippen molar-refractivity contribution in [3.05, 3.63) is 65.7 Å². The number of piperidine rings is 1. The number of nitrogens with one attached hydrogen (secondary N) is 1. The van der Waals surface area contributed by atoms with Gasteiger partial charge < -0.3 is 9.80 Å². The average Bonchev–Trinajstić information content (AvgIpc) is 3.30. The van der Waals surface area contributed by atoms with Crippen molar-refractivity contribution in [3.63, 3.8) is 0 Å². The molecule has 2 fully saturated rings. The van der Waals surface area contributed by atoms with E-state index in [2.05, 4.69) is 21.9 Å². The maximum atomic E-state index is 12.4. The summed E-state index contributed by atoms with van der Waals surface area (Å²) in [5, 5.41) is 9.26. The van der Waals surface area contributed by atoms with Crippen LogP contribution in [-0.4, -0.2) is 48.2 Å². The zero-order valence-corrected chi connectivity index (χ0v) is 16.3. The molecule has 0 radical (unpaired) electrons. The fourth-order valence-electron chi connectivity index (χ4n) is 4.70. The fraction of sp³-hybridized carbons (Fsp3) is 0.435. The van der Waals surface area contributed by atoms with Crippen LogP contribution < -0.4 is 10.4 Å². The molecule has 2 aromatic rings. The number of likely N-dealkylation sites (tertiary alicyclic amines) is 1. The largest absolute Gasteiger partial charge is 0.371 e. The summed E-state index contributed by atoms with van der Waals surface area (Å²) in [6.45, 7) is 4.62. The standard InChI is InChI=1S/C23H29N3O2/c27-23(24-28)22(18-7-2-1-3-8-18)19-9-6-10-21(17-19)26-15-11-20(12-16-26)25-13-4-5-14-25/h1-3,6-10,17,20,22,28H,4-5,11-16H2,(H,24,27). The second kappa shape index (κ2) is 8.76. The molecule has 0 aromatic heterocycles. The van der Waals surface area contributed by atoms with E-state index >= 15 is 0 Å². The van der Waals surface area contributed by atoms with Gasteiger partial charge in [0.25, 0.3) is 5.91 Å². The highest BCUT2D eigenvalue weighted by Gasteiger charge is 2.27. The molecule has 5 nitrogen and oxygen atoms in total. The van der Waals surface area contributed by atoms with Gasteiger partial charge in [-0.25, -0.2) is 5.48 Å². The van der Waals surface area contributed by atoms with Crippen LogP contribution in [0.5, 0.6) is 0 Å². The molecule has 28 heavy (non-hydrogen) atoms. The summed E-state index contributed by atoms with van der Waals surface area (Å²) in [5.74, 6) is -0.926. The maximum Gasteiger partial charge on any atom is 0.255 e. The van der Waals surface area contributed by atoms with E-state index in [4.69, 9.17) is 0 Å². The van der Waals surface area contributed by atoms with Gasteiger partial charge in [-0.05, 0) is 62.0 Å². The topological polar surface area (TPSA) is 55.8 Å². The molecule has 2 aliphatic rings. The van der Waals surface area contributed by atoms with Gasteiger partial charge in [0.05, 0.1) is 5.92 Å². The molecule has 0 spiro atoms. The van der Waals surface area contributed by atoms with Crippen LogP contribution in [0.15, 0.2) is 54.6 Å². The molecule has 2 saturated heterocycles. The van der Waals surface area contributed by atoms with Gasteiger partial charge in [-0.2, -0.15) is 0 Å². The summed E-state index contributed by atoms with van der Waals surface area (Å²) in [6, 6.07) is 18.5. The van der Waals surface area contributed by atoms with Gasteiger partial charge in [0.15, 0.2) is 0 Å². The van der Waals surface area contributed by atoms with Crippen molar-refractivity contribution < 1.29 is 10.0 Å². The van der Waals surface area contributed by atoms with Crippen LogP contribution in [0.1, 0.15) is 42.7 Å². The summed E-state index contributed by atoms with van der Waals surface area (Å²) >= 11 is 0. The molecule has 2 aliphatic heterocycles. The van der Waals surface area contributed by atoms with E-state index in [1.807, 2.05) is 47.9 Å². The van der Waals surface area contributed by atoms with Crippen LogP contribution in [0.2, 0.25) is 0 Å². The molecule has 5 heteroatoms. The third-order valence-electron chi connectivity index (χ3n) is 6.20. The molecule has 2 aromatic carbocycles. The number of hydrogen-bond donors (Lipinski definition) is 2. The number of carbonyl (C=O) groups excluding carboxylic acids is 1. The number of rotatable bonds is 5. The van der Waals surface area contributed by atoms with Crippen molar-refractivity contribution >= 4 is 11.6 Å². The Hall–Kier alpha value is -2.37. The Morgan fingerprint density at radius 2 is 1.61 bits per heavy atom. The lowest BCUT2D eigenvalue weighted by Gasteiger charge is -2.38. The van der Waals surface area contributed by atoms with Crippen molar-refractivity contribution in [3.8, 4) is 0 Å². The minimum absolute atomic E-state index is 0.406. The lowest BCUT2D eigenvalue weighted by atomic mass is 9.90. The van der Waals surface area contributed by atoms with Gasteiger partial charge >= 0.3 is 0 Å². The summed E-state index contributed by atoms with van der Waals surface area (Å²) in [5.41, 5.74) is 4.77. The molecule has 1 amide bonds. The highest BCUT2D eigenvalue weighted by Crippen LogP contribution is 2.30. The van der Waals surface area contributed by atoms with Crippen LogP contribution in [-0.2, 0) is 4.79 Å². The number of hydrogen-bond acceptors (Lipinski definition) is 4. The molecule has 2 N–H and O–H groups in total. The maximum absolute atomic E-state index is 12.4. The lowest BCUT2D eigenvalue weighted by molar-refractivity contribution is -0.129. The Labute approximate surface area is 166 Å². The van der Waals surface area contributed by atoms with E-state index in [1.54, 1.807) is 0 Å². The number of carbonyl (C=O) groups is 1. The van der Waals surface area contributed by atoms with Crippen LogP contribution in [0, 0.1) is 0 Å². The number of benzene rings is 2. The second-order valence-electron chi connectivity index (χ2n) is 7.88. The Morgan fingerprint density at radius 3 is 2.29 bits per heavy atom. The number of hydroxylamine groups is 1. The monoisotopic (exact) mass is 379 g/mol. The summed E-state index contributed by atoms with van der Waals surface area (Å²) in [4.78, 5) is 17.5. The second-order valence-corrected chi connectivity index (χ2v) is 7.88. The first kappa shape index (κ1) is 19.0. The average molecular weight is 380 g/mol. The van der Waals surface area contributed by atoms with Crippen molar-refractivity contribution in [1.82, 2.24) is 10.4 Å². The predicted octanol–water partition coefficient (Wildman–Crippen LogP) is 3.39. The Morgan fingerprint density at radius 1 is 0.929 bits per heavy atom. The van der Waals surface area contributed by atoms with Gasteiger partial charge in [-0.3, -0.25) is 10.0 Å². The highest BCUT2D eigenvalue weighted by molar-refractivity contribution is 5.86. The van der Waals surface area contributed by atoms with E-state index in [9.17, 15) is 10.0 Å². The molecule has 0 bridgehead atoms. The normalized spacial score (nSPS) is 19.5. The van der Waals surface area contributed by atoms with Crippen LogP contribution >= 0.6 is 0 Å². The van der Waals surface area contributed by atoms with Crippen LogP contribution in [0.3, 0.4) is 0 Å². The van der Waals surface area contributed by atoms with E-state index in [-0.39, 0.29) is 0 Å². The number of nitrogens with zero attached hydrogens (tertiary/aromatic N) is 2. The van der Waals surface area contributed by atoms with Crippen molar-refractivity contribution in [1.29, 1.82) is 0 Å². The van der Waals surface area contributed by atoms with Crippen molar-refractivity contribution in [2.75, 3.05) is 31.1 Å². The first-order chi connectivity index (χ1) is 13.8. The molecule has 1 atom stereocenters.